The summed E-state index contributed by atoms with van der Waals surface area (Å²) in [5.41, 5.74) is 13.8. The molecule has 0 spiro atoms. The Morgan fingerprint density at radius 2 is 1.73 bits per heavy atom. The largest absolute Gasteiger partial charge is 0.382 e. The van der Waals surface area contributed by atoms with Crippen LogP contribution in [-0.2, 0) is 4.74 Å². The summed E-state index contributed by atoms with van der Waals surface area (Å²) in [6.07, 6.45) is 4.41. The minimum atomic E-state index is -0.967. The average molecular weight is 543 g/mol. The quantitative estimate of drug-likeness (QED) is 0.344. The second-order valence-corrected chi connectivity index (χ2v) is 9.59. The molecule has 202 valence electrons. The lowest BCUT2D eigenvalue weighted by Gasteiger charge is -2.21. The van der Waals surface area contributed by atoms with Crippen molar-refractivity contribution in [2.75, 3.05) is 18.9 Å². The summed E-state index contributed by atoms with van der Waals surface area (Å²) >= 11 is 0. The van der Waals surface area contributed by atoms with Crippen molar-refractivity contribution in [3.05, 3.63) is 100 Å². The van der Waals surface area contributed by atoms with Crippen LogP contribution in [0.5, 0.6) is 0 Å². The summed E-state index contributed by atoms with van der Waals surface area (Å²) in [5.74, 6) is -1.65. The molecule has 0 radical (unpaired) electrons. The number of carbonyl (C=O) groups excluding carboxylic acids is 1. The molecule has 0 bridgehead atoms. The van der Waals surface area contributed by atoms with E-state index in [0.717, 1.165) is 18.5 Å². The van der Waals surface area contributed by atoms with Gasteiger partial charge in [-0.2, -0.15) is 5.10 Å². The number of nitrogens with zero attached hydrogens (tertiary/aromatic N) is 4. The number of pyridine rings is 1. The highest BCUT2D eigenvalue weighted by Gasteiger charge is 2.25. The number of carbonyl (C=O) groups is 1. The van der Waals surface area contributed by atoms with Gasteiger partial charge in [0.2, 0.25) is 0 Å². The van der Waals surface area contributed by atoms with E-state index >= 15 is 4.39 Å². The number of primary amides is 1. The van der Waals surface area contributed by atoms with E-state index in [0.29, 0.717) is 30.0 Å². The topological polar surface area (TPSA) is 131 Å². The maximum atomic E-state index is 15.8. The Morgan fingerprint density at radius 1 is 0.975 bits per heavy atom. The first-order valence-electron chi connectivity index (χ1n) is 12.6. The van der Waals surface area contributed by atoms with E-state index in [1.807, 2.05) is 6.07 Å². The van der Waals surface area contributed by atoms with Crippen LogP contribution in [0.15, 0.2) is 71.9 Å². The predicted molar refractivity (Wildman–Crippen MR) is 145 cm³/mol. The Morgan fingerprint density at radius 3 is 2.42 bits per heavy atom. The molecule has 0 unspecified atom stereocenters. The average Bonchev–Trinajstić information content (AvgIpc) is 3.34. The zero-order chi connectivity index (χ0) is 28.0. The first-order chi connectivity index (χ1) is 19.3. The highest BCUT2D eigenvalue weighted by molar-refractivity contribution is 6.00. The molecule has 1 aliphatic rings. The van der Waals surface area contributed by atoms with Crippen molar-refractivity contribution in [2.24, 2.45) is 5.73 Å². The van der Waals surface area contributed by atoms with E-state index in [2.05, 4.69) is 10.1 Å². The molecule has 11 heteroatoms. The SMILES string of the molecule is NC(=O)c1c(-c2ccc(-c3cc(C4CCOCC4)n4ncnc(N)c34)c(F)c2)ccn(-c2ccc(F)cc2)c1=O. The van der Waals surface area contributed by atoms with Gasteiger partial charge < -0.3 is 16.2 Å². The lowest BCUT2D eigenvalue weighted by Crippen LogP contribution is -2.29. The Hall–Kier alpha value is -4.90. The van der Waals surface area contributed by atoms with Crippen LogP contribution in [0.4, 0.5) is 14.6 Å². The zero-order valence-corrected chi connectivity index (χ0v) is 21.2. The molecule has 1 saturated heterocycles. The monoisotopic (exact) mass is 542 g/mol. The van der Waals surface area contributed by atoms with Crippen LogP contribution in [0.2, 0.25) is 0 Å². The van der Waals surface area contributed by atoms with Gasteiger partial charge >= 0.3 is 0 Å². The third-order valence-electron chi connectivity index (χ3n) is 7.26. The van der Waals surface area contributed by atoms with Crippen LogP contribution in [0.1, 0.15) is 34.8 Å². The van der Waals surface area contributed by atoms with Gasteiger partial charge in [0.1, 0.15) is 29.0 Å². The van der Waals surface area contributed by atoms with E-state index in [1.165, 1.54) is 53.5 Å². The maximum Gasteiger partial charge on any atom is 0.268 e. The highest BCUT2D eigenvalue weighted by atomic mass is 19.1. The number of halogens is 2. The Bertz CT molecular complexity index is 1820. The minimum absolute atomic E-state index is 0.164. The molecule has 6 rings (SSSR count). The molecular weight excluding hydrogens is 518 g/mol. The van der Waals surface area contributed by atoms with Crippen LogP contribution in [-0.4, -0.2) is 38.3 Å². The molecular formula is C29H24F2N6O3. The minimum Gasteiger partial charge on any atom is -0.382 e. The van der Waals surface area contributed by atoms with Crippen LogP contribution < -0.4 is 17.0 Å². The first kappa shape index (κ1) is 25.4. The number of rotatable bonds is 5. The van der Waals surface area contributed by atoms with Gasteiger partial charge in [-0.3, -0.25) is 14.2 Å². The van der Waals surface area contributed by atoms with Crippen LogP contribution in [0.3, 0.4) is 0 Å². The number of anilines is 1. The van der Waals surface area contributed by atoms with E-state index in [-0.39, 0.29) is 34.0 Å². The van der Waals surface area contributed by atoms with Crippen molar-refractivity contribution < 1.29 is 18.3 Å². The number of nitrogens with two attached hydrogens (primary N) is 2. The second-order valence-electron chi connectivity index (χ2n) is 9.59. The third-order valence-corrected chi connectivity index (χ3v) is 7.26. The van der Waals surface area contributed by atoms with Gasteiger partial charge in [0.05, 0.1) is 0 Å². The maximum absolute atomic E-state index is 15.8. The summed E-state index contributed by atoms with van der Waals surface area (Å²) < 4.78 is 37.6. The lowest BCUT2D eigenvalue weighted by molar-refractivity contribution is 0.0841. The number of hydrogen-bond donors (Lipinski definition) is 2. The highest BCUT2D eigenvalue weighted by Crippen LogP contribution is 2.38. The summed E-state index contributed by atoms with van der Waals surface area (Å²) in [4.78, 5) is 29.7. The number of hydrogen-bond acceptors (Lipinski definition) is 6. The number of aromatic nitrogens is 4. The van der Waals surface area contributed by atoms with Gasteiger partial charge in [0, 0.05) is 53.4 Å². The molecule has 5 aromatic rings. The fourth-order valence-electron chi connectivity index (χ4n) is 5.30. The predicted octanol–water partition coefficient (Wildman–Crippen LogP) is 4.07. The van der Waals surface area contributed by atoms with E-state index in [4.69, 9.17) is 16.2 Å². The molecule has 4 N–H and O–H groups in total. The number of ether oxygens (including phenoxy) is 1. The fourth-order valence-corrected chi connectivity index (χ4v) is 5.30. The van der Waals surface area contributed by atoms with Gasteiger partial charge in [0.15, 0.2) is 5.82 Å². The van der Waals surface area contributed by atoms with Gasteiger partial charge in [-0.15, -0.1) is 0 Å². The summed E-state index contributed by atoms with van der Waals surface area (Å²) in [6, 6.07) is 13.0. The first-order valence-corrected chi connectivity index (χ1v) is 12.6. The Balaban J connectivity index is 1.46. The molecule has 0 aliphatic carbocycles. The number of nitrogen functional groups attached to an aromatic ring is 1. The van der Waals surface area contributed by atoms with Gasteiger partial charge in [-0.1, -0.05) is 12.1 Å². The smallest absolute Gasteiger partial charge is 0.268 e. The molecule has 1 aliphatic heterocycles. The molecule has 3 aromatic heterocycles. The normalized spacial score (nSPS) is 14.1. The van der Waals surface area contributed by atoms with Crippen molar-refractivity contribution in [2.45, 2.75) is 18.8 Å². The van der Waals surface area contributed by atoms with Crippen molar-refractivity contribution in [3.63, 3.8) is 0 Å². The lowest BCUT2D eigenvalue weighted by atomic mass is 9.94. The molecule has 4 heterocycles. The fraction of sp³-hybridized carbons (Fsp3) is 0.172. The standard InChI is InChI=1S/C29H24F2N6O3/c30-18-2-4-19(5-3-18)36-10-7-20(25(28(33)38)29(36)39)17-1-6-21(23(31)13-17)22-14-24(16-8-11-40-12-9-16)37-26(22)27(32)34-15-35-37/h1-7,10,13-16H,8-9,11-12H2,(H2,33,38)(H2,32,34,35). The zero-order valence-electron chi connectivity index (χ0n) is 21.2. The molecule has 0 saturated carbocycles. The number of benzene rings is 2. The summed E-state index contributed by atoms with van der Waals surface area (Å²) in [5, 5.41) is 4.39. The third kappa shape index (κ3) is 4.30. The van der Waals surface area contributed by atoms with E-state index < -0.39 is 23.1 Å². The van der Waals surface area contributed by atoms with Crippen molar-refractivity contribution in [1.29, 1.82) is 0 Å². The van der Waals surface area contributed by atoms with E-state index in [1.54, 1.807) is 16.6 Å². The summed E-state index contributed by atoms with van der Waals surface area (Å²) in [6.45, 7) is 1.25. The van der Waals surface area contributed by atoms with Crippen molar-refractivity contribution in [3.8, 4) is 27.9 Å². The van der Waals surface area contributed by atoms with Gasteiger partial charge in [-0.05, 0) is 60.9 Å². The number of fused-ring (bicyclic) bond motifs is 1. The molecule has 0 atom stereocenters. The molecule has 9 nitrogen and oxygen atoms in total. The Labute approximate surface area is 226 Å². The van der Waals surface area contributed by atoms with Crippen LogP contribution in [0, 0.1) is 11.6 Å². The van der Waals surface area contributed by atoms with Gasteiger partial charge in [-0.25, -0.2) is 18.3 Å². The number of amides is 1. The van der Waals surface area contributed by atoms with Crippen molar-refractivity contribution >= 4 is 17.2 Å². The van der Waals surface area contributed by atoms with E-state index in [9.17, 15) is 14.0 Å². The summed E-state index contributed by atoms with van der Waals surface area (Å²) in [7, 11) is 0. The van der Waals surface area contributed by atoms with Crippen molar-refractivity contribution in [1.82, 2.24) is 19.2 Å². The molecule has 2 aromatic carbocycles. The molecule has 40 heavy (non-hydrogen) atoms. The molecule has 1 amide bonds. The van der Waals surface area contributed by atoms with Crippen LogP contribution in [0.25, 0.3) is 33.5 Å². The van der Waals surface area contributed by atoms with Gasteiger partial charge in [0.25, 0.3) is 11.5 Å². The second kappa shape index (κ2) is 10.0. The molecule has 1 fully saturated rings. The Kier molecular flexibility index (Phi) is 6.35. The van der Waals surface area contributed by atoms with Crippen LogP contribution >= 0.6 is 0 Å².